The average Bonchev–Trinajstić information content (AvgIpc) is 2.37. The van der Waals surface area contributed by atoms with Crippen LogP contribution in [0.25, 0.3) is 0 Å². The van der Waals surface area contributed by atoms with E-state index in [4.69, 9.17) is 0 Å². The molecule has 0 bridgehead atoms. The highest BCUT2D eigenvalue weighted by atomic mass is 32.2. The van der Waals surface area contributed by atoms with Crippen molar-refractivity contribution in [2.75, 3.05) is 0 Å². The first-order valence-electron chi connectivity index (χ1n) is 6.61. The summed E-state index contributed by atoms with van der Waals surface area (Å²) < 4.78 is 24.1. The highest BCUT2D eigenvalue weighted by molar-refractivity contribution is 7.89. The molecule has 0 amide bonds. The van der Waals surface area contributed by atoms with Gasteiger partial charge in [0.15, 0.2) is 0 Å². The molecule has 1 aliphatic carbocycles. The lowest BCUT2D eigenvalue weighted by atomic mass is 9.89. The summed E-state index contributed by atoms with van der Waals surface area (Å²) in [5.41, 5.74) is 1.99. The van der Waals surface area contributed by atoms with E-state index >= 15 is 0 Å². The molecular formula is C14H20N2O2S. The number of hydrogen-bond donors (Lipinski definition) is 1. The molecule has 4 nitrogen and oxygen atoms in total. The maximum absolute atomic E-state index is 12.0. The van der Waals surface area contributed by atoms with Crippen LogP contribution in [0.1, 0.15) is 38.2 Å². The molecule has 0 radical (unpaired) electrons. The van der Waals surface area contributed by atoms with E-state index in [0.29, 0.717) is 5.92 Å². The largest absolute Gasteiger partial charge is 0.276 e. The second-order valence-corrected chi connectivity index (χ2v) is 6.95. The van der Waals surface area contributed by atoms with Crippen LogP contribution in [-0.2, 0) is 10.0 Å². The van der Waals surface area contributed by atoms with Crippen LogP contribution in [-0.4, -0.2) is 14.1 Å². The van der Waals surface area contributed by atoms with E-state index in [1.807, 2.05) is 6.92 Å². The molecule has 0 aromatic heterocycles. The van der Waals surface area contributed by atoms with Crippen molar-refractivity contribution in [3.8, 4) is 0 Å². The highest BCUT2D eigenvalue weighted by Crippen LogP contribution is 2.21. The Labute approximate surface area is 115 Å². The molecule has 1 fully saturated rings. The van der Waals surface area contributed by atoms with Crippen LogP contribution < -0.4 is 4.83 Å². The number of hydrazone groups is 1. The molecule has 0 unspecified atom stereocenters. The topological polar surface area (TPSA) is 58.5 Å². The minimum atomic E-state index is -3.53. The number of aryl methyl sites for hydroxylation is 1. The van der Waals surface area contributed by atoms with Crippen LogP contribution >= 0.6 is 0 Å². The summed E-state index contributed by atoms with van der Waals surface area (Å²) in [6.07, 6.45) is 4.06. The van der Waals surface area contributed by atoms with E-state index in [0.717, 1.165) is 30.5 Å². The van der Waals surface area contributed by atoms with E-state index in [1.165, 1.54) is 6.42 Å². The Kier molecular flexibility index (Phi) is 4.24. The fraction of sp³-hybridized carbons (Fsp3) is 0.500. The van der Waals surface area contributed by atoms with Gasteiger partial charge < -0.3 is 0 Å². The highest BCUT2D eigenvalue weighted by Gasteiger charge is 2.16. The molecule has 104 valence electrons. The van der Waals surface area contributed by atoms with Crippen LogP contribution in [0.4, 0.5) is 0 Å². The number of rotatable bonds is 3. The van der Waals surface area contributed by atoms with Gasteiger partial charge in [-0.15, -0.1) is 0 Å². The van der Waals surface area contributed by atoms with Gasteiger partial charge in [0, 0.05) is 5.71 Å². The third-order valence-corrected chi connectivity index (χ3v) is 4.63. The van der Waals surface area contributed by atoms with Crippen molar-refractivity contribution in [1.29, 1.82) is 0 Å². The summed E-state index contributed by atoms with van der Waals surface area (Å²) in [7, 11) is -3.53. The summed E-state index contributed by atoms with van der Waals surface area (Å²) in [5, 5.41) is 4.08. The number of hydrogen-bond acceptors (Lipinski definition) is 3. The zero-order chi connectivity index (χ0) is 13.9. The molecule has 0 spiro atoms. The van der Waals surface area contributed by atoms with Crippen molar-refractivity contribution < 1.29 is 8.42 Å². The predicted octanol–water partition coefficient (Wildman–Crippen LogP) is 2.84. The van der Waals surface area contributed by atoms with Gasteiger partial charge in [0.25, 0.3) is 10.0 Å². The second-order valence-electron chi connectivity index (χ2n) is 5.29. The molecule has 1 aromatic carbocycles. The van der Waals surface area contributed by atoms with Crippen molar-refractivity contribution in [3.63, 3.8) is 0 Å². The van der Waals surface area contributed by atoms with Crippen LogP contribution in [0.5, 0.6) is 0 Å². The maximum Gasteiger partial charge on any atom is 0.276 e. The SMILES string of the molecule is Cc1ccc(S(=O)(=O)N/N=C2/CCC[C@@H](C)C2)cc1. The molecule has 0 aliphatic heterocycles. The monoisotopic (exact) mass is 280 g/mol. The third-order valence-electron chi connectivity index (χ3n) is 3.40. The molecule has 1 aliphatic rings. The average molecular weight is 280 g/mol. The molecule has 0 heterocycles. The fourth-order valence-electron chi connectivity index (χ4n) is 2.26. The van der Waals surface area contributed by atoms with E-state index < -0.39 is 10.0 Å². The van der Waals surface area contributed by atoms with Crippen LogP contribution in [0.15, 0.2) is 34.3 Å². The van der Waals surface area contributed by atoms with Crippen molar-refractivity contribution in [1.82, 2.24) is 4.83 Å². The van der Waals surface area contributed by atoms with Gasteiger partial charge in [-0.1, -0.05) is 24.6 Å². The zero-order valence-electron chi connectivity index (χ0n) is 11.4. The summed E-state index contributed by atoms with van der Waals surface area (Å²) >= 11 is 0. The van der Waals surface area contributed by atoms with Gasteiger partial charge >= 0.3 is 0 Å². The zero-order valence-corrected chi connectivity index (χ0v) is 12.2. The Hall–Kier alpha value is -1.36. The summed E-state index contributed by atoms with van der Waals surface area (Å²) in [5.74, 6) is 0.594. The quantitative estimate of drug-likeness (QED) is 0.865. The van der Waals surface area contributed by atoms with Gasteiger partial charge in [0.05, 0.1) is 4.90 Å². The van der Waals surface area contributed by atoms with Gasteiger partial charge in [-0.05, 0) is 50.7 Å². The minimum absolute atomic E-state index is 0.256. The summed E-state index contributed by atoms with van der Waals surface area (Å²) in [6, 6.07) is 6.76. The Morgan fingerprint density at radius 1 is 1.26 bits per heavy atom. The predicted molar refractivity (Wildman–Crippen MR) is 76.6 cm³/mol. The lowest BCUT2D eigenvalue weighted by Gasteiger charge is -2.19. The van der Waals surface area contributed by atoms with E-state index in [1.54, 1.807) is 24.3 Å². The first kappa shape index (κ1) is 14.1. The van der Waals surface area contributed by atoms with Gasteiger partial charge in [0.2, 0.25) is 0 Å². The van der Waals surface area contributed by atoms with Crippen molar-refractivity contribution in [3.05, 3.63) is 29.8 Å². The van der Waals surface area contributed by atoms with Crippen molar-refractivity contribution in [2.45, 2.75) is 44.4 Å². The third kappa shape index (κ3) is 3.80. The van der Waals surface area contributed by atoms with Gasteiger partial charge in [0.1, 0.15) is 0 Å². The summed E-state index contributed by atoms with van der Waals surface area (Å²) in [6.45, 7) is 4.09. The maximum atomic E-state index is 12.0. The first-order valence-corrected chi connectivity index (χ1v) is 8.09. The van der Waals surface area contributed by atoms with Crippen molar-refractivity contribution in [2.24, 2.45) is 11.0 Å². The van der Waals surface area contributed by atoms with E-state index in [9.17, 15) is 8.42 Å². The molecule has 5 heteroatoms. The molecule has 1 atom stereocenters. The minimum Gasteiger partial charge on any atom is -0.200 e. The smallest absolute Gasteiger partial charge is 0.200 e. The summed E-state index contributed by atoms with van der Waals surface area (Å²) in [4.78, 5) is 2.60. The van der Waals surface area contributed by atoms with Crippen molar-refractivity contribution >= 4 is 15.7 Å². The number of nitrogens with one attached hydrogen (secondary N) is 1. The van der Waals surface area contributed by atoms with Gasteiger partial charge in [-0.3, -0.25) is 0 Å². The van der Waals surface area contributed by atoms with Gasteiger partial charge in [-0.25, -0.2) is 4.83 Å². The Balaban J connectivity index is 2.09. The first-order chi connectivity index (χ1) is 8.97. The standard InChI is InChI=1S/C14H20N2O2S/c1-11-6-8-14(9-7-11)19(17,18)16-15-13-5-3-4-12(2)10-13/h6-9,12,16H,3-5,10H2,1-2H3/b15-13-/t12-/m1/s1. The number of benzene rings is 1. The molecular weight excluding hydrogens is 260 g/mol. The molecule has 19 heavy (non-hydrogen) atoms. The van der Waals surface area contributed by atoms with E-state index in [2.05, 4.69) is 16.9 Å². The van der Waals surface area contributed by atoms with Crippen LogP contribution in [0.3, 0.4) is 0 Å². The second kappa shape index (κ2) is 5.74. The molecule has 1 saturated carbocycles. The number of nitrogens with zero attached hydrogens (tertiary/aromatic N) is 1. The fourth-order valence-corrected chi connectivity index (χ4v) is 3.11. The number of sulfonamides is 1. The molecule has 1 N–H and O–H groups in total. The Morgan fingerprint density at radius 3 is 2.58 bits per heavy atom. The van der Waals surface area contributed by atoms with E-state index in [-0.39, 0.29) is 4.90 Å². The normalized spacial score (nSPS) is 22.4. The van der Waals surface area contributed by atoms with Gasteiger partial charge in [-0.2, -0.15) is 13.5 Å². The lowest BCUT2D eigenvalue weighted by molar-refractivity contribution is 0.498. The Bertz CT molecular complexity index is 562. The van der Waals surface area contributed by atoms with Crippen LogP contribution in [0.2, 0.25) is 0 Å². The van der Waals surface area contributed by atoms with Crippen LogP contribution in [0, 0.1) is 12.8 Å². The molecule has 2 rings (SSSR count). The Morgan fingerprint density at radius 2 is 1.95 bits per heavy atom. The molecule has 1 aromatic rings. The molecule has 0 saturated heterocycles. The lowest BCUT2D eigenvalue weighted by Crippen LogP contribution is -2.22.